The van der Waals surface area contributed by atoms with E-state index in [0.717, 1.165) is 32.7 Å². The number of ether oxygens (including phenoxy) is 1. The number of imidazole rings is 1. The lowest BCUT2D eigenvalue weighted by Gasteiger charge is -2.00. The van der Waals surface area contributed by atoms with Crippen LogP contribution in [0.4, 0.5) is 0 Å². The third kappa shape index (κ3) is 3.28. The van der Waals surface area contributed by atoms with Crippen LogP contribution in [0.2, 0.25) is 5.28 Å². The van der Waals surface area contributed by atoms with Crippen LogP contribution in [0.25, 0.3) is 11.0 Å². The van der Waals surface area contributed by atoms with Crippen LogP contribution in [0, 0.1) is 6.92 Å². The Kier molecular flexibility index (Phi) is 3.98. The lowest BCUT2D eigenvalue weighted by atomic mass is 10.3. The Morgan fingerprint density at radius 2 is 2.10 bits per heavy atom. The van der Waals surface area contributed by atoms with E-state index in [4.69, 9.17) is 16.3 Å². The minimum Gasteiger partial charge on any atom is -0.494 e. The molecule has 0 spiro atoms. The molecule has 1 N–H and O–H groups in total. The van der Waals surface area contributed by atoms with Gasteiger partial charge in [0, 0.05) is 11.8 Å². The lowest BCUT2D eigenvalue weighted by Crippen LogP contribution is -1.90. The molecule has 0 unspecified atom stereocenters. The molecule has 0 aliphatic carbocycles. The largest absolute Gasteiger partial charge is 0.494 e. The first-order chi connectivity index (χ1) is 10.1. The lowest BCUT2D eigenvalue weighted by molar-refractivity contribution is 0.340. The first kappa shape index (κ1) is 14.2. The molecule has 0 fully saturated rings. The number of hydrogen-bond acceptors (Lipinski definition) is 5. The average Bonchev–Trinajstić information content (AvgIpc) is 2.79. The number of nitrogens with one attached hydrogen (secondary N) is 1. The maximum atomic E-state index is 5.87. The maximum absolute atomic E-state index is 5.87. The monoisotopic (exact) mass is 320 g/mol. The zero-order valence-electron chi connectivity index (χ0n) is 11.6. The molecule has 0 amide bonds. The predicted octanol–water partition coefficient (Wildman–Crippen LogP) is 3.86. The summed E-state index contributed by atoms with van der Waals surface area (Å²) < 4.78 is 5.48. The van der Waals surface area contributed by atoms with Gasteiger partial charge in [0.25, 0.3) is 0 Å². The maximum Gasteiger partial charge on any atom is 0.223 e. The van der Waals surface area contributed by atoms with Crippen LogP contribution in [-0.2, 0) is 0 Å². The average molecular weight is 321 g/mol. The van der Waals surface area contributed by atoms with Crippen LogP contribution < -0.4 is 4.74 Å². The summed E-state index contributed by atoms with van der Waals surface area (Å²) >= 11 is 7.29. The van der Waals surface area contributed by atoms with Gasteiger partial charge in [-0.25, -0.2) is 15.0 Å². The highest BCUT2D eigenvalue weighted by Crippen LogP contribution is 2.28. The molecule has 0 radical (unpaired) electrons. The predicted molar refractivity (Wildman–Crippen MR) is 83.2 cm³/mol. The third-order valence-corrected chi connectivity index (χ3v) is 3.72. The zero-order chi connectivity index (χ0) is 14.8. The van der Waals surface area contributed by atoms with E-state index in [1.165, 1.54) is 11.8 Å². The second kappa shape index (κ2) is 5.91. The van der Waals surface area contributed by atoms with Crippen molar-refractivity contribution in [2.75, 3.05) is 6.61 Å². The molecule has 3 rings (SSSR count). The molecule has 7 heteroatoms. The SMILES string of the molecule is CCOc1ccc2nc(Sc3cc(C)nc(Cl)n3)[nH]c2c1. The van der Waals surface area contributed by atoms with Gasteiger partial charge in [0.05, 0.1) is 17.6 Å². The Balaban J connectivity index is 1.90. The number of aromatic amines is 1. The number of aryl methyl sites for hydroxylation is 1. The normalized spacial score (nSPS) is 11.0. The summed E-state index contributed by atoms with van der Waals surface area (Å²) in [6.45, 7) is 4.48. The van der Waals surface area contributed by atoms with E-state index >= 15 is 0 Å². The Bertz CT molecular complexity index is 769. The Hall–Kier alpha value is -1.79. The number of H-pyrrole nitrogens is 1. The fraction of sp³-hybridized carbons (Fsp3) is 0.214. The van der Waals surface area contributed by atoms with Crippen LogP contribution in [0.15, 0.2) is 34.4 Å². The minimum atomic E-state index is 0.243. The van der Waals surface area contributed by atoms with Gasteiger partial charge in [-0.3, -0.25) is 0 Å². The van der Waals surface area contributed by atoms with E-state index in [0.29, 0.717) is 6.61 Å². The van der Waals surface area contributed by atoms with Crippen LogP contribution >= 0.6 is 23.4 Å². The molecule has 2 heterocycles. The molecule has 108 valence electrons. The molecule has 21 heavy (non-hydrogen) atoms. The molecule has 0 aliphatic heterocycles. The molecule has 5 nitrogen and oxygen atoms in total. The van der Waals surface area contributed by atoms with Crippen molar-refractivity contribution in [3.8, 4) is 5.75 Å². The molecule has 0 saturated heterocycles. The highest BCUT2D eigenvalue weighted by molar-refractivity contribution is 7.99. The smallest absolute Gasteiger partial charge is 0.223 e. The van der Waals surface area contributed by atoms with E-state index in [-0.39, 0.29) is 5.28 Å². The molecule has 0 atom stereocenters. The van der Waals surface area contributed by atoms with E-state index in [2.05, 4.69) is 19.9 Å². The molecule has 1 aromatic carbocycles. The van der Waals surface area contributed by atoms with Gasteiger partial charge in [0.2, 0.25) is 5.28 Å². The van der Waals surface area contributed by atoms with Gasteiger partial charge in [-0.15, -0.1) is 0 Å². The van der Waals surface area contributed by atoms with E-state index in [9.17, 15) is 0 Å². The zero-order valence-corrected chi connectivity index (χ0v) is 13.1. The van der Waals surface area contributed by atoms with Crippen molar-refractivity contribution in [2.24, 2.45) is 0 Å². The number of nitrogens with zero attached hydrogens (tertiary/aromatic N) is 3. The third-order valence-electron chi connectivity index (χ3n) is 2.75. The number of rotatable bonds is 4. The number of fused-ring (bicyclic) bond motifs is 1. The van der Waals surface area contributed by atoms with Gasteiger partial charge in [-0.2, -0.15) is 0 Å². The molecule has 0 saturated carbocycles. The van der Waals surface area contributed by atoms with Crippen molar-refractivity contribution in [3.05, 3.63) is 35.2 Å². The summed E-state index contributed by atoms with van der Waals surface area (Å²) in [7, 11) is 0. The fourth-order valence-corrected chi connectivity index (χ4v) is 3.07. The summed E-state index contributed by atoms with van der Waals surface area (Å²) in [6, 6.07) is 7.65. The van der Waals surface area contributed by atoms with Crippen LogP contribution in [0.5, 0.6) is 5.75 Å². The second-order valence-electron chi connectivity index (χ2n) is 4.37. The van der Waals surface area contributed by atoms with E-state index in [1.807, 2.05) is 38.1 Å². The molecular formula is C14H13ClN4OS. The summed E-state index contributed by atoms with van der Waals surface area (Å²) in [5, 5.41) is 1.76. The van der Waals surface area contributed by atoms with Gasteiger partial charge in [-0.05, 0) is 55.4 Å². The topological polar surface area (TPSA) is 63.7 Å². The number of aromatic nitrogens is 4. The van der Waals surface area contributed by atoms with Gasteiger partial charge >= 0.3 is 0 Å². The quantitative estimate of drug-likeness (QED) is 0.584. The Labute approximate surface area is 131 Å². The van der Waals surface area contributed by atoms with Crippen LogP contribution in [0.1, 0.15) is 12.6 Å². The van der Waals surface area contributed by atoms with Gasteiger partial charge in [0.15, 0.2) is 5.16 Å². The first-order valence-corrected chi connectivity index (χ1v) is 7.65. The van der Waals surface area contributed by atoms with Crippen molar-refractivity contribution in [1.82, 2.24) is 19.9 Å². The standard InChI is InChI=1S/C14H13ClN4OS/c1-3-20-9-4-5-10-11(7-9)18-14(17-10)21-12-6-8(2)16-13(15)19-12/h4-7H,3H2,1-2H3,(H,17,18). The molecule has 2 aromatic heterocycles. The summed E-state index contributed by atoms with van der Waals surface area (Å²) in [5.74, 6) is 0.825. The minimum absolute atomic E-state index is 0.243. The second-order valence-corrected chi connectivity index (χ2v) is 5.72. The van der Waals surface area contributed by atoms with Gasteiger partial charge in [-0.1, -0.05) is 0 Å². The van der Waals surface area contributed by atoms with Crippen LogP contribution in [0.3, 0.4) is 0 Å². The van der Waals surface area contributed by atoms with Crippen molar-refractivity contribution in [2.45, 2.75) is 24.0 Å². The van der Waals surface area contributed by atoms with Crippen molar-refractivity contribution >= 4 is 34.4 Å². The molecule has 0 bridgehead atoms. The van der Waals surface area contributed by atoms with E-state index in [1.54, 1.807) is 0 Å². The van der Waals surface area contributed by atoms with Crippen LogP contribution in [-0.4, -0.2) is 26.5 Å². The van der Waals surface area contributed by atoms with Crippen molar-refractivity contribution in [1.29, 1.82) is 0 Å². The van der Waals surface area contributed by atoms with Gasteiger partial charge in [0.1, 0.15) is 10.8 Å². The number of benzene rings is 1. The summed E-state index contributed by atoms with van der Waals surface area (Å²) in [4.78, 5) is 16.0. The summed E-state index contributed by atoms with van der Waals surface area (Å²) in [6.07, 6.45) is 0. The Morgan fingerprint density at radius 3 is 2.86 bits per heavy atom. The number of hydrogen-bond donors (Lipinski definition) is 1. The summed E-state index contributed by atoms with van der Waals surface area (Å²) in [5.41, 5.74) is 2.64. The van der Waals surface area contributed by atoms with E-state index < -0.39 is 0 Å². The van der Waals surface area contributed by atoms with Crippen molar-refractivity contribution in [3.63, 3.8) is 0 Å². The van der Waals surface area contributed by atoms with Gasteiger partial charge < -0.3 is 9.72 Å². The Morgan fingerprint density at radius 1 is 1.24 bits per heavy atom. The molecular weight excluding hydrogens is 308 g/mol. The molecule has 0 aliphatic rings. The first-order valence-electron chi connectivity index (χ1n) is 6.45. The fourth-order valence-electron chi connectivity index (χ4n) is 1.93. The highest BCUT2D eigenvalue weighted by atomic mass is 35.5. The van der Waals surface area contributed by atoms with Crippen molar-refractivity contribution < 1.29 is 4.74 Å². The molecule has 3 aromatic rings. The highest BCUT2D eigenvalue weighted by Gasteiger charge is 2.08. The number of halogens is 1.